The van der Waals surface area contributed by atoms with Crippen LogP contribution in [0.1, 0.15) is 34.1 Å². The van der Waals surface area contributed by atoms with Crippen molar-refractivity contribution in [3.8, 4) is 17.5 Å². The molecule has 0 N–H and O–H groups in total. The maximum absolute atomic E-state index is 13.2. The zero-order chi connectivity index (χ0) is 24.0. The van der Waals surface area contributed by atoms with Crippen LogP contribution in [0.3, 0.4) is 0 Å². The average molecular weight is 466 g/mol. The predicted molar refractivity (Wildman–Crippen MR) is 113 cm³/mol. The van der Waals surface area contributed by atoms with Gasteiger partial charge in [-0.05, 0) is 31.2 Å². The highest BCUT2D eigenvalue weighted by molar-refractivity contribution is 5.97. The Kier molecular flexibility index (Phi) is 5.01. The third-order valence-corrected chi connectivity index (χ3v) is 5.62. The number of hydrogen-bond acceptors (Lipinski definition) is 5. The van der Waals surface area contributed by atoms with Crippen LogP contribution in [0.5, 0.6) is 5.75 Å². The molecule has 172 valence electrons. The van der Waals surface area contributed by atoms with Gasteiger partial charge < -0.3 is 14.0 Å². The quantitative estimate of drug-likeness (QED) is 0.456. The topological polar surface area (TPSA) is 88.5 Å². The van der Waals surface area contributed by atoms with Gasteiger partial charge in [-0.1, -0.05) is 0 Å². The van der Waals surface area contributed by atoms with Crippen molar-refractivity contribution in [1.29, 1.82) is 5.26 Å². The Labute approximate surface area is 191 Å². The summed E-state index contributed by atoms with van der Waals surface area (Å²) in [6.45, 7) is 1.27. The Morgan fingerprint density at radius 1 is 1.21 bits per heavy atom. The van der Waals surface area contributed by atoms with Gasteiger partial charge in [0.05, 0.1) is 35.1 Å². The summed E-state index contributed by atoms with van der Waals surface area (Å²) in [5, 5.41) is 13.8. The fraction of sp³-hybridized carbons (Fsp3) is 0.217. The number of alkyl halides is 3. The second kappa shape index (κ2) is 7.91. The first-order valence-corrected chi connectivity index (χ1v) is 10.3. The van der Waals surface area contributed by atoms with Gasteiger partial charge in [-0.3, -0.25) is 4.79 Å². The number of ether oxygens (including phenoxy) is 1. The molecule has 1 aromatic carbocycles. The summed E-state index contributed by atoms with van der Waals surface area (Å²) < 4.78 is 47.6. The maximum Gasteiger partial charge on any atom is 0.425 e. The van der Waals surface area contributed by atoms with E-state index < -0.39 is 18.2 Å². The molecule has 1 atom stereocenters. The average Bonchev–Trinajstić information content (AvgIpc) is 3.52. The van der Waals surface area contributed by atoms with Gasteiger partial charge in [-0.2, -0.15) is 23.5 Å². The molecule has 0 saturated heterocycles. The summed E-state index contributed by atoms with van der Waals surface area (Å²) in [5.74, 6) is -0.763. The molecule has 1 amide bonds. The van der Waals surface area contributed by atoms with Gasteiger partial charge in [-0.15, -0.1) is 0 Å². The summed E-state index contributed by atoms with van der Waals surface area (Å²) in [4.78, 5) is 18.9. The molecule has 1 aliphatic rings. The van der Waals surface area contributed by atoms with E-state index in [0.29, 0.717) is 5.69 Å². The summed E-state index contributed by atoms with van der Waals surface area (Å²) >= 11 is 0. The smallest absolute Gasteiger partial charge is 0.425 e. The molecule has 34 heavy (non-hydrogen) atoms. The summed E-state index contributed by atoms with van der Waals surface area (Å²) in [5.41, 5.74) is 3.12. The third kappa shape index (κ3) is 3.83. The number of carbonyl (C=O) groups is 1. The number of imidazole rings is 1. The number of aromatic nitrogens is 4. The van der Waals surface area contributed by atoms with Crippen LogP contribution in [0.15, 0.2) is 55.1 Å². The number of nitriles is 1. The lowest BCUT2D eigenvalue weighted by Crippen LogP contribution is -2.32. The number of rotatable bonds is 4. The first kappa shape index (κ1) is 21.5. The van der Waals surface area contributed by atoms with Crippen LogP contribution in [0.2, 0.25) is 0 Å². The Morgan fingerprint density at radius 2 is 2.03 bits per heavy atom. The van der Waals surface area contributed by atoms with Crippen LogP contribution in [0.25, 0.3) is 11.3 Å². The number of benzene rings is 1. The van der Waals surface area contributed by atoms with Crippen LogP contribution < -0.4 is 4.74 Å². The zero-order valence-electron chi connectivity index (χ0n) is 17.8. The molecule has 0 aliphatic carbocycles. The van der Waals surface area contributed by atoms with Gasteiger partial charge >= 0.3 is 6.18 Å². The van der Waals surface area contributed by atoms with E-state index in [-0.39, 0.29) is 30.0 Å². The first-order chi connectivity index (χ1) is 16.2. The van der Waals surface area contributed by atoms with E-state index in [4.69, 9.17) is 4.74 Å². The molecule has 0 radical (unpaired) electrons. The Hall–Kier alpha value is -4.33. The molecule has 3 aromatic heterocycles. The van der Waals surface area contributed by atoms with E-state index >= 15 is 0 Å². The molecule has 4 aromatic rings. The maximum atomic E-state index is 13.2. The molecule has 8 nitrogen and oxygen atoms in total. The van der Waals surface area contributed by atoms with Crippen LogP contribution >= 0.6 is 0 Å². The predicted octanol–water partition coefficient (Wildman–Crippen LogP) is 3.88. The lowest BCUT2D eigenvalue weighted by Gasteiger charge is -2.22. The van der Waals surface area contributed by atoms with Gasteiger partial charge in [0.1, 0.15) is 11.4 Å². The Bertz CT molecular complexity index is 1430. The SMILES string of the molecule is CC(Oc1ccc(C#N)cc1C(=O)N1Cc2cn(-c3ccn4ccnc4c3)nc2C1)C(F)(F)F. The van der Waals surface area contributed by atoms with Crippen molar-refractivity contribution in [3.05, 3.63) is 77.5 Å². The summed E-state index contributed by atoms with van der Waals surface area (Å²) in [6.07, 6.45) is 0.498. The molecule has 4 heterocycles. The molecule has 11 heteroatoms. The van der Waals surface area contributed by atoms with Crippen molar-refractivity contribution in [2.24, 2.45) is 0 Å². The van der Waals surface area contributed by atoms with E-state index in [9.17, 15) is 23.2 Å². The number of nitrogens with zero attached hydrogens (tertiary/aromatic N) is 6. The van der Waals surface area contributed by atoms with Crippen LogP contribution in [-0.4, -0.2) is 42.3 Å². The minimum absolute atomic E-state index is 0.0991. The standard InChI is InChI=1S/C23H17F3N6O2/c1-14(23(24,25)26)34-20-3-2-15(10-27)8-18(20)22(33)31-11-16-12-32(29-19(16)13-31)17-4-6-30-7-5-28-21(30)9-17/h2-9,12,14H,11,13H2,1H3. The second-order valence-corrected chi connectivity index (χ2v) is 7.91. The highest BCUT2D eigenvalue weighted by Gasteiger charge is 2.39. The number of hydrogen-bond donors (Lipinski definition) is 0. The fourth-order valence-corrected chi connectivity index (χ4v) is 3.77. The fourth-order valence-electron chi connectivity index (χ4n) is 3.77. The van der Waals surface area contributed by atoms with E-state index in [1.807, 2.05) is 41.2 Å². The van der Waals surface area contributed by atoms with E-state index in [2.05, 4.69) is 10.1 Å². The second-order valence-electron chi connectivity index (χ2n) is 7.91. The Balaban J connectivity index is 1.38. The van der Waals surface area contributed by atoms with Crippen molar-refractivity contribution < 1.29 is 22.7 Å². The minimum atomic E-state index is -4.60. The molecule has 1 aliphatic heterocycles. The van der Waals surface area contributed by atoms with E-state index in [0.717, 1.165) is 23.8 Å². The molecule has 0 bridgehead atoms. The molecular weight excluding hydrogens is 449 g/mol. The van der Waals surface area contributed by atoms with Crippen LogP contribution in [0.4, 0.5) is 13.2 Å². The van der Waals surface area contributed by atoms with Crippen molar-refractivity contribution in [2.45, 2.75) is 32.3 Å². The third-order valence-electron chi connectivity index (χ3n) is 5.62. The minimum Gasteiger partial charge on any atom is -0.480 e. The zero-order valence-corrected chi connectivity index (χ0v) is 17.8. The number of amides is 1. The number of halogens is 3. The molecule has 0 fully saturated rings. The summed E-state index contributed by atoms with van der Waals surface area (Å²) in [6, 6.07) is 9.45. The molecule has 1 unspecified atom stereocenters. The van der Waals surface area contributed by atoms with Crippen LogP contribution in [-0.2, 0) is 13.1 Å². The monoisotopic (exact) mass is 466 g/mol. The van der Waals surface area contributed by atoms with Crippen molar-refractivity contribution in [2.75, 3.05) is 0 Å². The molecule has 0 saturated carbocycles. The number of pyridine rings is 1. The van der Waals surface area contributed by atoms with E-state index in [1.54, 1.807) is 10.9 Å². The lowest BCUT2D eigenvalue weighted by atomic mass is 10.1. The van der Waals surface area contributed by atoms with Gasteiger partial charge in [0, 0.05) is 43.0 Å². The normalized spacial score (nSPS) is 14.1. The van der Waals surface area contributed by atoms with Crippen molar-refractivity contribution in [3.63, 3.8) is 0 Å². The largest absolute Gasteiger partial charge is 0.480 e. The van der Waals surface area contributed by atoms with Gasteiger partial charge in [0.2, 0.25) is 0 Å². The Morgan fingerprint density at radius 3 is 2.76 bits per heavy atom. The van der Waals surface area contributed by atoms with Crippen molar-refractivity contribution in [1.82, 2.24) is 24.1 Å². The number of carbonyl (C=O) groups excluding carboxylic acids is 1. The summed E-state index contributed by atoms with van der Waals surface area (Å²) in [7, 11) is 0. The molecular formula is C23H17F3N6O2. The van der Waals surface area contributed by atoms with Crippen molar-refractivity contribution >= 4 is 11.6 Å². The van der Waals surface area contributed by atoms with Gasteiger partial charge in [-0.25, -0.2) is 9.67 Å². The lowest BCUT2D eigenvalue weighted by molar-refractivity contribution is -0.189. The molecule has 5 rings (SSSR count). The van der Waals surface area contributed by atoms with E-state index in [1.165, 1.54) is 23.1 Å². The van der Waals surface area contributed by atoms with Gasteiger partial charge in [0.25, 0.3) is 5.91 Å². The first-order valence-electron chi connectivity index (χ1n) is 10.3. The van der Waals surface area contributed by atoms with Crippen LogP contribution in [0, 0.1) is 11.3 Å². The molecule has 0 spiro atoms. The highest BCUT2D eigenvalue weighted by Crippen LogP contribution is 2.31. The highest BCUT2D eigenvalue weighted by atomic mass is 19.4. The number of fused-ring (bicyclic) bond motifs is 2. The van der Waals surface area contributed by atoms with Gasteiger partial charge in [0.15, 0.2) is 6.10 Å².